The van der Waals surface area contributed by atoms with Crippen molar-refractivity contribution in [3.8, 4) is 23.0 Å². The molecule has 1 aliphatic rings. The zero-order valence-electron chi connectivity index (χ0n) is 10.8. The second-order valence-electron chi connectivity index (χ2n) is 4.94. The summed E-state index contributed by atoms with van der Waals surface area (Å²) < 4.78 is 5.59. The maximum atomic E-state index is 10.2. The first-order chi connectivity index (χ1) is 9.97. The first-order valence-corrected chi connectivity index (χ1v) is 6.35. The number of ether oxygens (including phenoxy) is 1. The summed E-state index contributed by atoms with van der Waals surface area (Å²) in [6.07, 6.45) is -3.53. The van der Waals surface area contributed by atoms with E-state index in [0.717, 1.165) is 6.07 Å². The Morgan fingerprint density at radius 1 is 0.857 bits per heavy atom. The van der Waals surface area contributed by atoms with Crippen LogP contribution < -0.4 is 4.74 Å². The van der Waals surface area contributed by atoms with Crippen LogP contribution in [0, 0.1) is 0 Å². The topological polar surface area (TPSA) is 110 Å². The van der Waals surface area contributed by atoms with Crippen molar-refractivity contribution in [1.29, 1.82) is 0 Å². The molecule has 0 amide bonds. The number of aliphatic hydroxyl groups is 2. The van der Waals surface area contributed by atoms with Crippen molar-refractivity contribution in [3.05, 3.63) is 47.5 Å². The van der Waals surface area contributed by atoms with E-state index >= 15 is 0 Å². The molecule has 0 saturated carbocycles. The van der Waals surface area contributed by atoms with Crippen LogP contribution >= 0.6 is 0 Å². The quantitative estimate of drug-likeness (QED) is 0.542. The van der Waals surface area contributed by atoms with Gasteiger partial charge >= 0.3 is 0 Å². The Kier molecular flexibility index (Phi) is 3.12. The van der Waals surface area contributed by atoms with E-state index < -0.39 is 18.3 Å². The lowest BCUT2D eigenvalue weighted by molar-refractivity contribution is -0.0710. The lowest BCUT2D eigenvalue weighted by atomic mass is 9.91. The maximum Gasteiger partial charge on any atom is 0.152 e. The molecule has 2 aromatic rings. The summed E-state index contributed by atoms with van der Waals surface area (Å²) >= 11 is 0. The predicted octanol–water partition coefficient (Wildman–Crippen LogP) is 1.33. The second kappa shape index (κ2) is 4.83. The van der Waals surface area contributed by atoms with Gasteiger partial charge in [0.25, 0.3) is 0 Å². The molecule has 0 fully saturated rings. The SMILES string of the molecule is Oc1ccc([C@@H]2Oc3cc(O)cc(O)c3[C@H](O)[C@@H]2O)cc1. The lowest BCUT2D eigenvalue weighted by Crippen LogP contribution is -2.34. The van der Waals surface area contributed by atoms with Crippen molar-refractivity contribution in [2.75, 3.05) is 0 Å². The third kappa shape index (κ3) is 2.24. The molecule has 0 unspecified atom stereocenters. The third-order valence-corrected chi connectivity index (χ3v) is 3.51. The monoisotopic (exact) mass is 290 g/mol. The van der Waals surface area contributed by atoms with Gasteiger partial charge in [0.05, 0.1) is 5.56 Å². The fourth-order valence-corrected chi connectivity index (χ4v) is 2.46. The van der Waals surface area contributed by atoms with Crippen LogP contribution in [0.15, 0.2) is 36.4 Å². The molecule has 0 aromatic heterocycles. The van der Waals surface area contributed by atoms with Crippen molar-refractivity contribution in [3.63, 3.8) is 0 Å². The summed E-state index contributed by atoms with van der Waals surface area (Å²) in [5.74, 6) is -0.385. The minimum atomic E-state index is -1.35. The van der Waals surface area contributed by atoms with Crippen molar-refractivity contribution in [2.45, 2.75) is 18.3 Å². The van der Waals surface area contributed by atoms with Crippen LogP contribution in [-0.2, 0) is 0 Å². The average molecular weight is 290 g/mol. The van der Waals surface area contributed by atoms with Crippen molar-refractivity contribution in [1.82, 2.24) is 0 Å². The van der Waals surface area contributed by atoms with Crippen LogP contribution in [-0.4, -0.2) is 31.6 Å². The summed E-state index contributed by atoms with van der Waals surface area (Å²) in [7, 11) is 0. The van der Waals surface area contributed by atoms with Gasteiger partial charge in [0, 0.05) is 12.1 Å². The van der Waals surface area contributed by atoms with E-state index in [1.807, 2.05) is 0 Å². The molecule has 0 saturated heterocycles. The Hall–Kier alpha value is -2.44. The minimum Gasteiger partial charge on any atom is -0.508 e. The average Bonchev–Trinajstić information content (AvgIpc) is 2.43. The van der Waals surface area contributed by atoms with E-state index in [9.17, 15) is 25.5 Å². The number of benzene rings is 2. The smallest absolute Gasteiger partial charge is 0.152 e. The van der Waals surface area contributed by atoms with Gasteiger partial charge in [-0.15, -0.1) is 0 Å². The molecule has 0 radical (unpaired) electrons. The predicted molar refractivity (Wildman–Crippen MR) is 72.2 cm³/mol. The van der Waals surface area contributed by atoms with Gasteiger partial charge in [-0.1, -0.05) is 12.1 Å². The standard InChI is InChI=1S/C15H14O6/c16-8-3-1-7(2-4-8)15-14(20)13(19)12-10(18)5-9(17)6-11(12)21-15/h1-6,13-20H/t13-,14-,15-/m0/s1. The molecule has 5 N–H and O–H groups in total. The van der Waals surface area contributed by atoms with Crippen molar-refractivity contribution >= 4 is 0 Å². The minimum absolute atomic E-state index is 0.0373. The van der Waals surface area contributed by atoms with Gasteiger partial charge in [-0.3, -0.25) is 0 Å². The molecule has 2 aromatic carbocycles. The normalized spacial score (nSPS) is 24.2. The summed E-state index contributed by atoms with van der Waals surface area (Å²) in [4.78, 5) is 0. The molecule has 6 heteroatoms. The van der Waals surface area contributed by atoms with E-state index in [1.165, 1.54) is 18.2 Å². The zero-order valence-corrected chi connectivity index (χ0v) is 10.8. The zero-order chi connectivity index (χ0) is 15.1. The van der Waals surface area contributed by atoms with Crippen LogP contribution in [0.3, 0.4) is 0 Å². The third-order valence-electron chi connectivity index (χ3n) is 3.51. The summed E-state index contributed by atoms with van der Waals surface area (Å²) in [5, 5.41) is 48.9. The Bertz CT molecular complexity index is 667. The highest BCUT2D eigenvalue weighted by Gasteiger charge is 2.39. The highest BCUT2D eigenvalue weighted by molar-refractivity contribution is 5.52. The molecular weight excluding hydrogens is 276 g/mol. The molecule has 0 bridgehead atoms. The number of aliphatic hydroxyl groups excluding tert-OH is 2. The number of rotatable bonds is 1. The highest BCUT2D eigenvalue weighted by atomic mass is 16.5. The Morgan fingerprint density at radius 2 is 1.52 bits per heavy atom. The van der Waals surface area contributed by atoms with Crippen molar-refractivity contribution in [2.24, 2.45) is 0 Å². The van der Waals surface area contributed by atoms with Gasteiger partial charge in [0.2, 0.25) is 0 Å². The summed E-state index contributed by atoms with van der Waals surface area (Å²) in [6, 6.07) is 8.32. The number of phenols is 3. The molecule has 1 aliphatic heterocycles. The van der Waals surface area contributed by atoms with Crippen LogP contribution in [0.25, 0.3) is 0 Å². The molecule has 0 aliphatic carbocycles. The van der Waals surface area contributed by atoms with Gasteiger partial charge in [-0.2, -0.15) is 0 Å². The molecule has 21 heavy (non-hydrogen) atoms. The molecule has 110 valence electrons. The van der Waals surface area contributed by atoms with Crippen molar-refractivity contribution < 1.29 is 30.3 Å². The molecule has 0 spiro atoms. The van der Waals surface area contributed by atoms with Crippen LogP contribution in [0.2, 0.25) is 0 Å². The lowest BCUT2D eigenvalue weighted by Gasteiger charge is -2.34. The van der Waals surface area contributed by atoms with Gasteiger partial charge in [0.15, 0.2) is 6.10 Å². The van der Waals surface area contributed by atoms with Gasteiger partial charge in [-0.05, 0) is 17.7 Å². The number of hydrogen-bond acceptors (Lipinski definition) is 6. The van der Waals surface area contributed by atoms with Gasteiger partial charge < -0.3 is 30.3 Å². The Balaban J connectivity index is 2.04. The van der Waals surface area contributed by atoms with Gasteiger partial charge in [0.1, 0.15) is 35.2 Å². The molecule has 3 rings (SSSR count). The first kappa shape index (κ1) is 13.5. The number of fused-ring (bicyclic) bond motifs is 1. The Labute approximate surface area is 120 Å². The maximum absolute atomic E-state index is 10.2. The molecule has 6 nitrogen and oxygen atoms in total. The van der Waals surface area contributed by atoms with E-state index in [0.29, 0.717) is 5.56 Å². The van der Waals surface area contributed by atoms with E-state index in [2.05, 4.69) is 0 Å². The number of aromatic hydroxyl groups is 3. The first-order valence-electron chi connectivity index (χ1n) is 6.35. The fraction of sp³-hybridized carbons (Fsp3) is 0.200. The fourth-order valence-electron chi connectivity index (χ4n) is 2.46. The summed E-state index contributed by atoms with van der Waals surface area (Å²) in [5.41, 5.74) is 0.586. The van der Waals surface area contributed by atoms with E-state index in [-0.39, 0.29) is 28.6 Å². The van der Waals surface area contributed by atoms with E-state index in [1.54, 1.807) is 12.1 Å². The molecular formula is C15H14O6. The van der Waals surface area contributed by atoms with E-state index in [4.69, 9.17) is 4.74 Å². The number of phenolic OH excluding ortho intramolecular Hbond substituents is 3. The molecule has 1 heterocycles. The highest BCUT2D eigenvalue weighted by Crippen LogP contribution is 2.46. The van der Waals surface area contributed by atoms with Gasteiger partial charge in [-0.25, -0.2) is 0 Å². The van der Waals surface area contributed by atoms with Crippen LogP contribution in [0.1, 0.15) is 23.3 Å². The largest absolute Gasteiger partial charge is 0.508 e. The van der Waals surface area contributed by atoms with Crippen LogP contribution in [0.5, 0.6) is 23.0 Å². The number of hydrogen-bond donors (Lipinski definition) is 5. The second-order valence-corrected chi connectivity index (χ2v) is 4.94. The molecule has 3 atom stereocenters. The summed E-state index contributed by atoms with van der Waals surface area (Å²) in [6.45, 7) is 0. The van der Waals surface area contributed by atoms with Crippen LogP contribution in [0.4, 0.5) is 0 Å². The Morgan fingerprint density at radius 3 is 2.19 bits per heavy atom.